The number of benzene rings is 3. The molecule has 0 spiro atoms. The van der Waals surface area contributed by atoms with Gasteiger partial charge in [-0.05, 0) is 60.1 Å². The van der Waals surface area contributed by atoms with Crippen molar-refractivity contribution in [3.63, 3.8) is 0 Å². The molecule has 0 aliphatic rings. The summed E-state index contributed by atoms with van der Waals surface area (Å²) in [6.07, 6.45) is 1.93. The zero-order chi connectivity index (χ0) is 24.4. The second-order valence-corrected chi connectivity index (χ2v) is 8.85. The van der Waals surface area contributed by atoms with Gasteiger partial charge in [0.25, 0.3) is 0 Å². The van der Waals surface area contributed by atoms with Crippen molar-refractivity contribution in [1.29, 1.82) is 0 Å². The summed E-state index contributed by atoms with van der Waals surface area (Å²) < 4.78 is 17.0. The fourth-order valence-electron chi connectivity index (χ4n) is 4.18. The molecule has 5 rings (SSSR count). The molecule has 0 aliphatic carbocycles. The molecule has 0 unspecified atom stereocenters. The minimum Gasteiger partial charge on any atom is -0.329 e. The number of nitrogens with one attached hydrogen (secondary N) is 2. The number of anilines is 2. The zero-order valence-electron chi connectivity index (χ0n) is 19.5. The highest BCUT2D eigenvalue weighted by Gasteiger charge is 2.14. The van der Waals surface area contributed by atoms with Gasteiger partial charge in [0.05, 0.1) is 30.2 Å². The first-order chi connectivity index (χ1) is 17.0. The molecule has 5 aromatic rings. The minimum atomic E-state index is -0.250. The number of thiocarbonyl (C=S) groups is 1. The first-order valence-corrected chi connectivity index (χ1v) is 11.7. The van der Waals surface area contributed by atoms with Crippen LogP contribution in [0.1, 0.15) is 22.5 Å². The number of nitrogens with zero attached hydrogens (tertiary/aromatic N) is 4. The van der Waals surface area contributed by atoms with Crippen LogP contribution in [0, 0.1) is 19.7 Å². The molecule has 8 heteroatoms. The van der Waals surface area contributed by atoms with Gasteiger partial charge in [-0.25, -0.2) is 4.39 Å². The van der Waals surface area contributed by atoms with Crippen LogP contribution < -0.4 is 10.6 Å². The van der Waals surface area contributed by atoms with Crippen molar-refractivity contribution in [1.82, 2.24) is 19.6 Å². The van der Waals surface area contributed by atoms with Crippen molar-refractivity contribution < 1.29 is 4.39 Å². The lowest BCUT2D eigenvalue weighted by Crippen LogP contribution is -2.20. The molecule has 2 N–H and O–H groups in total. The van der Waals surface area contributed by atoms with Gasteiger partial charge in [0.1, 0.15) is 5.82 Å². The monoisotopic (exact) mass is 484 g/mol. The van der Waals surface area contributed by atoms with E-state index in [4.69, 9.17) is 12.2 Å². The standard InChI is InChI=1S/C27H25FN6S/c1-18-26(19(2)34(31-18)16-20-10-12-23(28)13-11-20)30-27(35)29-25-14-15-33(32-25)17-22-8-5-7-21-6-3-4-9-24(21)22/h3-15H,16-17H2,1-2H3,(H2,29,30,32,35). The van der Waals surface area contributed by atoms with E-state index in [1.54, 1.807) is 12.1 Å². The Kier molecular flexibility index (Phi) is 6.29. The maximum atomic E-state index is 13.2. The van der Waals surface area contributed by atoms with Gasteiger partial charge in [0.15, 0.2) is 10.9 Å². The topological polar surface area (TPSA) is 59.7 Å². The molecular weight excluding hydrogens is 459 g/mol. The van der Waals surface area contributed by atoms with Gasteiger partial charge in [-0.2, -0.15) is 10.2 Å². The number of hydrogen-bond acceptors (Lipinski definition) is 3. The lowest BCUT2D eigenvalue weighted by Gasteiger charge is -2.10. The molecule has 6 nitrogen and oxygen atoms in total. The average Bonchev–Trinajstić information content (AvgIpc) is 3.39. The Morgan fingerprint density at radius 2 is 1.66 bits per heavy atom. The SMILES string of the molecule is Cc1nn(Cc2ccc(F)cc2)c(C)c1NC(=S)Nc1ccn(Cc2cccc3ccccc23)n1. The third kappa shape index (κ3) is 5.07. The Morgan fingerprint density at radius 1 is 0.886 bits per heavy atom. The number of fused-ring (bicyclic) bond motifs is 1. The smallest absolute Gasteiger partial charge is 0.176 e. The van der Waals surface area contributed by atoms with Crippen molar-refractivity contribution in [2.45, 2.75) is 26.9 Å². The van der Waals surface area contributed by atoms with Gasteiger partial charge >= 0.3 is 0 Å². The molecule has 0 aliphatic heterocycles. The largest absolute Gasteiger partial charge is 0.329 e. The van der Waals surface area contributed by atoms with E-state index in [1.807, 2.05) is 41.5 Å². The third-order valence-electron chi connectivity index (χ3n) is 5.96. The second kappa shape index (κ2) is 9.68. The third-order valence-corrected chi connectivity index (χ3v) is 6.16. The van der Waals surface area contributed by atoms with Gasteiger partial charge < -0.3 is 10.6 Å². The van der Waals surface area contributed by atoms with Crippen molar-refractivity contribution >= 4 is 39.6 Å². The van der Waals surface area contributed by atoms with Crippen molar-refractivity contribution in [2.24, 2.45) is 0 Å². The molecule has 0 radical (unpaired) electrons. The maximum absolute atomic E-state index is 13.2. The molecule has 176 valence electrons. The highest BCUT2D eigenvalue weighted by Crippen LogP contribution is 2.22. The summed E-state index contributed by atoms with van der Waals surface area (Å²) in [7, 11) is 0. The summed E-state index contributed by atoms with van der Waals surface area (Å²) in [5.41, 5.74) is 4.80. The molecular formula is C27H25FN6S. The molecule has 2 aromatic heterocycles. The molecule has 0 fully saturated rings. The fraction of sp³-hybridized carbons (Fsp3) is 0.148. The quantitative estimate of drug-likeness (QED) is 0.294. The van der Waals surface area contributed by atoms with E-state index >= 15 is 0 Å². The fourth-order valence-corrected chi connectivity index (χ4v) is 4.38. The first kappa shape index (κ1) is 22.7. The minimum absolute atomic E-state index is 0.250. The summed E-state index contributed by atoms with van der Waals surface area (Å²) in [5, 5.41) is 18.5. The highest BCUT2D eigenvalue weighted by atomic mass is 32.1. The Balaban J connectivity index is 1.25. The van der Waals surface area contributed by atoms with E-state index in [0.717, 1.165) is 22.6 Å². The number of aryl methyl sites for hydroxylation is 1. The molecule has 35 heavy (non-hydrogen) atoms. The Hall–Kier alpha value is -4.04. The Bertz CT molecular complexity index is 1500. The maximum Gasteiger partial charge on any atom is 0.176 e. The average molecular weight is 485 g/mol. The Morgan fingerprint density at radius 3 is 2.49 bits per heavy atom. The van der Waals surface area contributed by atoms with Crippen LogP contribution in [0.4, 0.5) is 15.9 Å². The van der Waals surface area contributed by atoms with Crippen LogP contribution in [0.2, 0.25) is 0 Å². The van der Waals surface area contributed by atoms with Gasteiger partial charge in [0, 0.05) is 12.3 Å². The highest BCUT2D eigenvalue weighted by molar-refractivity contribution is 7.80. The van der Waals surface area contributed by atoms with Crippen LogP contribution in [-0.4, -0.2) is 24.7 Å². The van der Waals surface area contributed by atoms with Gasteiger partial charge in [-0.15, -0.1) is 0 Å². The normalized spacial score (nSPS) is 11.1. The number of aromatic nitrogens is 4. The summed E-state index contributed by atoms with van der Waals surface area (Å²) in [6.45, 7) is 5.12. The van der Waals surface area contributed by atoms with E-state index in [9.17, 15) is 4.39 Å². The van der Waals surface area contributed by atoms with Crippen molar-refractivity contribution in [3.8, 4) is 0 Å². The zero-order valence-corrected chi connectivity index (χ0v) is 20.3. The summed E-state index contributed by atoms with van der Waals surface area (Å²) in [5.74, 6) is 0.414. The number of halogens is 1. The predicted molar refractivity (Wildman–Crippen MR) is 142 cm³/mol. The molecule has 0 bridgehead atoms. The summed E-state index contributed by atoms with van der Waals surface area (Å²) >= 11 is 5.54. The first-order valence-electron chi connectivity index (χ1n) is 11.3. The van der Waals surface area contributed by atoms with Crippen LogP contribution in [-0.2, 0) is 13.1 Å². The predicted octanol–water partition coefficient (Wildman–Crippen LogP) is 5.89. The van der Waals surface area contributed by atoms with Crippen LogP contribution in [0.15, 0.2) is 79.0 Å². The van der Waals surface area contributed by atoms with Crippen LogP contribution in [0.5, 0.6) is 0 Å². The second-order valence-electron chi connectivity index (χ2n) is 8.45. The van der Waals surface area contributed by atoms with Crippen molar-refractivity contribution in [3.05, 3.63) is 107 Å². The molecule has 0 amide bonds. The molecule has 0 saturated carbocycles. The van der Waals surface area contributed by atoms with E-state index in [1.165, 1.54) is 28.5 Å². The van der Waals surface area contributed by atoms with Crippen LogP contribution in [0.3, 0.4) is 0 Å². The van der Waals surface area contributed by atoms with Gasteiger partial charge in [0.2, 0.25) is 0 Å². The van der Waals surface area contributed by atoms with E-state index in [-0.39, 0.29) is 5.82 Å². The molecule has 0 atom stereocenters. The van der Waals surface area contributed by atoms with E-state index in [0.29, 0.717) is 24.0 Å². The van der Waals surface area contributed by atoms with Crippen molar-refractivity contribution in [2.75, 3.05) is 10.6 Å². The van der Waals surface area contributed by atoms with Gasteiger partial charge in [-0.1, -0.05) is 54.6 Å². The lowest BCUT2D eigenvalue weighted by atomic mass is 10.0. The van der Waals surface area contributed by atoms with Gasteiger partial charge in [-0.3, -0.25) is 9.36 Å². The van der Waals surface area contributed by atoms with E-state index < -0.39 is 0 Å². The lowest BCUT2D eigenvalue weighted by molar-refractivity contribution is 0.622. The van der Waals surface area contributed by atoms with Crippen LogP contribution in [0.25, 0.3) is 10.8 Å². The Labute approximate surface area is 208 Å². The van der Waals surface area contributed by atoms with Crippen LogP contribution >= 0.6 is 12.2 Å². The number of rotatable bonds is 6. The summed E-state index contributed by atoms with van der Waals surface area (Å²) in [4.78, 5) is 0. The molecule has 2 heterocycles. The summed E-state index contributed by atoms with van der Waals surface area (Å²) in [6, 6.07) is 23.0. The number of hydrogen-bond donors (Lipinski definition) is 2. The molecule has 0 saturated heterocycles. The molecule has 3 aromatic carbocycles. The van der Waals surface area contributed by atoms with E-state index in [2.05, 4.69) is 57.2 Å².